The Kier molecular flexibility index (Phi) is 10.1. The van der Waals surface area contributed by atoms with E-state index in [0.29, 0.717) is 43.2 Å². The lowest BCUT2D eigenvalue weighted by Crippen LogP contribution is -2.58. The van der Waals surface area contributed by atoms with E-state index in [9.17, 15) is 37.1 Å². The maximum atomic E-state index is 14.4. The lowest BCUT2D eigenvalue weighted by molar-refractivity contribution is -0.222. The van der Waals surface area contributed by atoms with Gasteiger partial charge in [0, 0.05) is 30.3 Å². The minimum atomic E-state index is -4.04. The number of ether oxygens (including phenoxy) is 2. The number of nitrogens with one attached hydrogen (secondary N) is 2. The summed E-state index contributed by atoms with van der Waals surface area (Å²) in [6.45, 7) is 4.99. The molecular weight excluding hydrogens is 685 g/mol. The molecule has 3 aliphatic heterocycles. The third-order valence-electron chi connectivity index (χ3n) is 9.92. The molecule has 278 valence electrons. The van der Waals surface area contributed by atoms with E-state index in [1.54, 1.807) is 39.0 Å². The van der Waals surface area contributed by atoms with E-state index < -0.39 is 86.2 Å². The zero-order valence-corrected chi connectivity index (χ0v) is 29.9. The van der Waals surface area contributed by atoms with Crippen LogP contribution in [0.5, 0.6) is 0 Å². The molecule has 0 spiro atoms. The number of hydrogen-bond donors (Lipinski definition) is 2. The second kappa shape index (κ2) is 14.1. The number of alkyl carbamates (subject to hydrolysis) is 1. The molecule has 14 nitrogen and oxygen atoms in total. The Hall–Kier alpha value is -4.21. The van der Waals surface area contributed by atoms with Crippen LogP contribution >= 0.6 is 0 Å². The van der Waals surface area contributed by atoms with Crippen molar-refractivity contribution in [1.82, 2.24) is 20.4 Å². The normalized spacial score (nSPS) is 29.5. The second-order valence-electron chi connectivity index (χ2n) is 15.1. The number of benzene rings is 1. The first kappa shape index (κ1) is 36.6. The molecule has 0 radical (unpaired) electrons. The summed E-state index contributed by atoms with van der Waals surface area (Å²) in [6.07, 6.45) is 4.91. The molecule has 4 amide bonds. The van der Waals surface area contributed by atoms with Crippen LogP contribution in [0.3, 0.4) is 0 Å². The molecule has 0 bridgehead atoms. The first-order chi connectivity index (χ1) is 24.1. The molecule has 5 atom stereocenters. The van der Waals surface area contributed by atoms with E-state index in [2.05, 4.69) is 15.0 Å². The molecule has 2 N–H and O–H groups in total. The highest BCUT2D eigenvalue weighted by Crippen LogP contribution is 2.46. The van der Waals surface area contributed by atoms with E-state index in [1.165, 1.54) is 15.9 Å². The highest BCUT2D eigenvalue weighted by molar-refractivity contribution is 7.91. The summed E-state index contributed by atoms with van der Waals surface area (Å²) in [7, 11) is -4.04. The van der Waals surface area contributed by atoms with Crippen molar-refractivity contribution in [2.75, 3.05) is 6.54 Å². The average molecular weight is 731 g/mol. The number of carbonyl (C=O) groups is 4. The molecule has 16 heteroatoms. The first-order valence-electron chi connectivity index (χ1n) is 17.6. The van der Waals surface area contributed by atoms with Crippen molar-refractivity contribution >= 4 is 39.9 Å². The van der Waals surface area contributed by atoms with Crippen LogP contribution in [-0.2, 0) is 42.2 Å². The lowest BCUT2D eigenvalue weighted by atomic mass is 10.0. The van der Waals surface area contributed by atoms with Gasteiger partial charge in [0.05, 0.1) is 23.9 Å². The smallest absolute Gasteiger partial charge is 0.410 e. The van der Waals surface area contributed by atoms with Gasteiger partial charge in [0.25, 0.3) is 10.0 Å². The fourth-order valence-corrected chi connectivity index (χ4v) is 8.24. The van der Waals surface area contributed by atoms with Gasteiger partial charge in [-0.3, -0.25) is 14.5 Å². The fraction of sp³-hybridized carbons (Fsp3) is 0.629. The van der Waals surface area contributed by atoms with Crippen molar-refractivity contribution in [1.29, 1.82) is 0 Å². The summed E-state index contributed by atoms with van der Waals surface area (Å²) >= 11 is 0. The maximum Gasteiger partial charge on any atom is 0.410 e. The summed E-state index contributed by atoms with van der Waals surface area (Å²) in [4.78, 5) is 57.2. The van der Waals surface area contributed by atoms with Crippen LogP contribution in [0, 0.1) is 11.7 Å². The Morgan fingerprint density at radius 3 is 2.59 bits per heavy atom. The van der Waals surface area contributed by atoms with Crippen molar-refractivity contribution in [3.8, 4) is 0 Å². The largest absolute Gasteiger partial charge is 0.859 e. The Morgan fingerprint density at radius 1 is 1.12 bits per heavy atom. The molecule has 2 saturated carbocycles. The molecule has 0 aromatic heterocycles. The lowest BCUT2D eigenvalue weighted by Gasteiger charge is -2.31. The average Bonchev–Trinajstić information content (AvgIpc) is 3.93. The Balaban J connectivity index is 1.27. The Morgan fingerprint density at radius 2 is 1.88 bits per heavy atom. The Labute approximate surface area is 296 Å². The van der Waals surface area contributed by atoms with Gasteiger partial charge in [0.1, 0.15) is 29.6 Å². The van der Waals surface area contributed by atoms with Crippen molar-refractivity contribution in [3.63, 3.8) is 0 Å². The van der Waals surface area contributed by atoms with Crippen LogP contribution in [0.2, 0.25) is 0 Å². The summed E-state index contributed by atoms with van der Waals surface area (Å²) in [5.41, 5.74) is -1.42. The van der Waals surface area contributed by atoms with E-state index in [0.717, 1.165) is 6.42 Å². The van der Waals surface area contributed by atoms with Crippen molar-refractivity contribution in [2.45, 2.75) is 126 Å². The van der Waals surface area contributed by atoms with Gasteiger partial charge in [0.2, 0.25) is 11.8 Å². The summed E-state index contributed by atoms with van der Waals surface area (Å²) in [6, 6.07) is 2.27. The third kappa shape index (κ3) is 8.31. The molecule has 1 aromatic carbocycles. The zero-order chi connectivity index (χ0) is 36.7. The van der Waals surface area contributed by atoms with Crippen LogP contribution < -0.4 is 15.7 Å². The molecule has 1 saturated heterocycles. The number of rotatable bonds is 5. The molecule has 1 aromatic rings. The van der Waals surface area contributed by atoms with Crippen LogP contribution in [0.1, 0.15) is 89.7 Å². The summed E-state index contributed by atoms with van der Waals surface area (Å²) < 4.78 is 54.6. The first-order valence-corrected chi connectivity index (χ1v) is 19.1. The highest BCUT2D eigenvalue weighted by Gasteiger charge is 2.57. The van der Waals surface area contributed by atoms with E-state index >= 15 is 0 Å². The fourth-order valence-electron chi connectivity index (χ4n) is 6.96. The number of hydrogen-bond acceptors (Lipinski definition) is 9. The zero-order valence-electron chi connectivity index (χ0n) is 29.1. The predicted molar refractivity (Wildman–Crippen MR) is 180 cm³/mol. The van der Waals surface area contributed by atoms with E-state index in [-0.39, 0.29) is 38.9 Å². The number of nitrogens with zero attached hydrogens (tertiary/aromatic N) is 3. The molecule has 5 aliphatic rings. The van der Waals surface area contributed by atoms with Crippen LogP contribution in [0.4, 0.5) is 14.0 Å². The monoisotopic (exact) mass is 730 g/mol. The molecule has 3 fully saturated rings. The second-order valence-corrected chi connectivity index (χ2v) is 17.0. The van der Waals surface area contributed by atoms with Gasteiger partial charge in [-0.25, -0.2) is 22.4 Å². The van der Waals surface area contributed by atoms with Crippen molar-refractivity contribution in [3.05, 3.63) is 47.3 Å². The van der Waals surface area contributed by atoms with Gasteiger partial charge in [-0.15, -0.1) is 0 Å². The van der Waals surface area contributed by atoms with Crippen LogP contribution in [0.25, 0.3) is 0 Å². The van der Waals surface area contributed by atoms with Gasteiger partial charge in [-0.2, -0.15) is 4.40 Å². The molecule has 51 heavy (non-hydrogen) atoms. The van der Waals surface area contributed by atoms with Gasteiger partial charge in [0.15, 0.2) is 0 Å². The van der Waals surface area contributed by atoms with Crippen LogP contribution in [0.15, 0.2) is 34.7 Å². The molecule has 2 aliphatic carbocycles. The topological polar surface area (TPSA) is 187 Å². The standard InChI is InChI=1S/C35H46FN5O9S/c1-34(2,3)50-32(45)37-27-13-8-6-4-5-7-11-22-17-35(22,31(44)39-51(47,48)24-14-15-24)38-29(42)28-16-23(19-41(28)30(27)43)49-33(46)40-18-21-10-9-12-26(36)25(21)20-40/h7,9-12,22-24,27-28H,4-6,8,13-20H2,1-3H3,(H,37,45)(H,38,42)(H,39,44)/p-1/b11-7-/t22-,23-,27+,28+,35-/m1/s1. The molecule has 6 rings (SSSR count). The van der Waals surface area contributed by atoms with Crippen molar-refractivity contribution < 1.29 is 46.6 Å². The number of fused-ring (bicyclic) bond motifs is 3. The van der Waals surface area contributed by atoms with E-state index in [1.807, 2.05) is 6.08 Å². The van der Waals surface area contributed by atoms with Crippen molar-refractivity contribution in [2.24, 2.45) is 10.3 Å². The number of carbonyl (C=O) groups excluding carboxylic acids is 4. The number of sulfonamides is 1. The number of amides is 4. The van der Waals surface area contributed by atoms with Gasteiger partial charge in [-0.05, 0) is 70.9 Å². The number of allylic oxidation sites excluding steroid dienone is 1. The molecular formula is C35H45FN5O9S-. The third-order valence-corrected chi connectivity index (χ3v) is 11.7. The minimum absolute atomic E-state index is 0.00515. The molecule has 3 heterocycles. The Bertz CT molecular complexity index is 1740. The maximum absolute atomic E-state index is 14.4. The van der Waals surface area contributed by atoms with Gasteiger partial charge < -0.3 is 30.1 Å². The number of halogens is 1. The SMILES string of the molecule is CC(C)(C)OC(=O)N[C@H]1CCCCC/C=C\[C@@H]2C[C@@]2(/C([O-])=N/S(=O)(=O)C2CC2)NC(=O)[C@@H]2C[C@@H](OC(=O)N3Cc4cccc(F)c4C3)CN2C1=O. The van der Waals surface area contributed by atoms with Crippen LogP contribution in [-0.4, -0.2) is 89.2 Å². The van der Waals surface area contributed by atoms with Gasteiger partial charge in [-0.1, -0.05) is 37.1 Å². The highest BCUT2D eigenvalue weighted by atomic mass is 32.2. The van der Waals surface area contributed by atoms with E-state index in [4.69, 9.17) is 9.47 Å². The predicted octanol–water partition coefficient (Wildman–Crippen LogP) is 2.79. The van der Waals surface area contributed by atoms with Gasteiger partial charge >= 0.3 is 12.2 Å². The quantitative estimate of drug-likeness (QED) is 0.261. The summed E-state index contributed by atoms with van der Waals surface area (Å²) in [5.74, 6) is -3.25. The minimum Gasteiger partial charge on any atom is -0.859 e. The summed E-state index contributed by atoms with van der Waals surface area (Å²) in [5, 5.41) is 18.2. The molecule has 0 unspecified atom stereocenters.